The number of rotatable bonds is 2. The van der Waals surface area contributed by atoms with E-state index in [1.807, 2.05) is 0 Å². The number of fused-ring (bicyclic) bond motifs is 1. The molecular weight excluding hydrogens is 489 g/mol. The topological polar surface area (TPSA) is 0 Å². The molecule has 0 saturated carbocycles. The van der Waals surface area contributed by atoms with E-state index in [1.165, 1.54) is 33.0 Å². The van der Waals surface area contributed by atoms with Gasteiger partial charge >= 0.3 is 43.1 Å². The zero-order chi connectivity index (χ0) is 18.4. The van der Waals surface area contributed by atoms with Gasteiger partial charge in [-0.25, -0.2) is 0 Å². The van der Waals surface area contributed by atoms with E-state index in [0.717, 1.165) is 0 Å². The zero-order valence-corrected chi connectivity index (χ0v) is 19.0. The van der Waals surface area contributed by atoms with Crippen molar-refractivity contribution in [2.45, 2.75) is 0 Å². The van der Waals surface area contributed by atoms with Crippen LogP contribution in [0.1, 0.15) is 0 Å². The Kier molecular flexibility index (Phi) is 7.27. The van der Waals surface area contributed by atoms with Gasteiger partial charge in [0.05, 0.1) is 0 Å². The van der Waals surface area contributed by atoms with Gasteiger partial charge in [0, 0.05) is 0 Å². The van der Waals surface area contributed by atoms with Gasteiger partial charge in [0.15, 0.2) is 0 Å². The van der Waals surface area contributed by atoms with Gasteiger partial charge in [0.2, 0.25) is 0 Å². The van der Waals surface area contributed by atoms with Gasteiger partial charge in [0.25, 0.3) is 0 Å². The van der Waals surface area contributed by atoms with Crippen LogP contribution < -0.4 is 0 Å². The van der Waals surface area contributed by atoms with Crippen LogP contribution in [-0.4, -0.2) is 16.4 Å². The molecule has 0 spiro atoms. The second-order valence-corrected chi connectivity index (χ2v) is 18.4. The van der Waals surface area contributed by atoms with Gasteiger partial charge in [-0.15, -0.1) is 0 Å². The molecule has 0 nitrogen and oxygen atoms in total. The minimum atomic E-state index is -2.13. The molecule has 0 bridgehead atoms. The van der Waals surface area contributed by atoms with Crippen LogP contribution in [0.4, 0.5) is 0 Å². The molecule has 0 aliphatic rings. The van der Waals surface area contributed by atoms with Gasteiger partial charge < -0.3 is 0 Å². The van der Waals surface area contributed by atoms with E-state index in [0.29, 0.717) is 0 Å². The van der Waals surface area contributed by atoms with Gasteiger partial charge in [-0.05, 0) is 33.0 Å². The predicted octanol–water partition coefficient (Wildman–Crippen LogP) is 7.86. The Balaban J connectivity index is 0.000000447. The molecule has 0 amide bonds. The molecule has 4 aromatic carbocycles. The normalized spacial score (nSPS) is 10.5. The Labute approximate surface area is 172 Å². The SMILES string of the molecule is [Cl][Sn]([Cl])[Cl].c1ccc(-c2ccc(-c3ccccc3)c3ccccc23)cc1. The summed E-state index contributed by atoms with van der Waals surface area (Å²) in [6.07, 6.45) is 0. The van der Waals surface area contributed by atoms with Crippen molar-refractivity contribution in [3.63, 3.8) is 0 Å². The Bertz CT molecular complexity index is 889. The Hall–Kier alpha value is -1.19. The molecule has 0 aliphatic carbocycles. The van der Waals surface area contributed by atoms with Crippen LogP contribution in [-0.2, 0) is 0 Å². The quantitative estimate of drug-likeness (QED) is 0.243. The molecule has 0 heterocycles. The molecule has 0 fully saturated rings. The van der Waals surface area contributed by atoms with Crippen molar-refractivity contribution in [3.05, 3.63) is 97.1 Å². The van der Waals surface area contributed by atoms with Gasteiger partial charge in [0.1, 0.15) is 0 Å². The zero-order valence-electron chi connectivity index (χ0n) is 13.9. The molecule has 0 unspecified atom stereocenters. The van der Waals surface area contributed by atoms with E-state index in [2.05, 4.69) is 97.1 Å². The van der Waals surface area contributed by atoms with Crippen molar-refractivity contribution in [1.29, 1.82) is 0 Å². The molecule has 4 heteroatoms. The maximum absolute atomic E-state index is 5.00. The van der Waals surface area contributed by atoms with Crippen molar-refractivity contribution in [2.24, 2.45) is 0 Å². The molecule has 129 valence electrons. The van der Waals surface area contributed by atoms with E-state index in [1.54, 1.807) is 0 Å². The van der Waals surface area contributed by atoms with Crippen LogP contribution in [0.15, 0.2) is 97.1 Å². The number of hydrogen-bond donors (Lipinski definition) is 0. The second-order valence-electron chi connectivity index (χ2n) is 5.65. The average molecular weight is 505 g/mol. The minimum absolute atomic E-state index is 1.26. The summed E-state index contributed by atoms with van der Waals surface area (Å²) in [5.41, 5.74) is 5.10. The maximum atomic E-state index is 5.00. The second kappa shape index (κ2) is 9.66. The van der Waals surface area contributed by atoms with Crippen molar-refractivity contribution in [2.75, 3.05) is 0 Å². The Morgan fingerprint density at radius 3 is 1.08 bits per heavy atom. The van der Waals surface area contributed by atoms with Gasteiger partial charge in [-0.1, -0.05) is 97.1 Å². The summed E-state index contributed by atoms with van der Waals surface area (Å²) >= 11 is -2.13. The van der Waals surface area contributed by atoms with Crippen molar-refractivity contribution in [3.8, 4) is 22.3 Å². The molecular formula is C22H16Cl3Sn. The fourth-order valence-corrected chi connectivity index (χ4v) is 3.04. The first-order valence-electron chi connectivity index (χ1n) is 8.13. The minimum Gasteiger partial charge on any atom is -0.0622 e. The molecule has 0 atom stereocenters. The first-order valence-corrected chi connectivity index (χ1v) is 19.0. The van der Waals surface area contributed by atoms with Gasteiger partial charge in [-0.2, -0.15) is 0 Å². The van der Waals surface area contributed by atoms with E-state index in [9.17, 15) is 0 Å². The monoisotopic (exact) mass is 505 g/mol. The van der Waals surface area contributed by atoms with E-state index in [-0.39, 0.29) is 0 Å². The van der Waals surface area contributed by atoms with Crippen molar-refractivity contribution >= 4 is 53.9 Å². The molecule has 0 aromatic heterocycles. The van der Waals surface area contributed by atoms with Crippen LogP contribution in [0.2, 0.25) is 0 Å². The number of halogens is 3. The summed E-state index contributed by atoms with van der Waals surface area (Å²) in [6.45, 7) is 0. The Morgan fingerprint density at radius 2 is 0.731 bits per heavy atom. The predicted molar refractivity (Wildman–Crippen MR) is 118 cm³/mol. The molecule has 26 heavy (non-hydrogen) atoms. The molecule has 1 radical (unpaired) electrons. The molecule has 4 rings (SSSR count). The maximum Gasteiger partial charge on any atom is -0.00992 e. The smallest absolute Gasteiger partial charge is 0.00992 e. The fourth-order valence-electron chi connectivity index (χ4n) is 3.04. The summed E-state index contributed by atoms with van der Waals surface area (Å²) < 4.78 is 0. The number of benzene rings is 4. The van der Waals surface area contributed by atoms with Gasteiger partial charge in [-0.3, -0.25) is 0 Å². The number of hydrogen-bond acceptors (Lipinski definition) is 0. The summed E-state index contributed by atoms with van der Waals surface area (Å²) in [5, 5.41) is 2.60. The van der Waals surface area contributed by atoms with Crippen LogP contribution in [0.25, 0.3) is 33.0 Å². The summed E-state index contributed by atoms with van der Waals surface area (Å²) in [6, 6.07) is 34.3. The van der Waals surface area contributed by atoms with Crippen LogP contribution >= 0.6 is 26.8 Å². The van der Waals surface area contributed by atoms with E-state index < -0.39 is 16.4 Å². The third-order valence-corrected chi connectivity index (χ3v) is 4.09. The van der Waals surface area contributed by atoms with Crippen LogP contribution in [0, 0.1) is 0 Å². The fraction of sp³-hybridized carbons (Fsp3) is 0. The molecule has 0 N–H and O–H groups in total. The molecule has 0 saturated heterocycles. The summed E-state index contributed by atoms with van der Waals surface area (Å²) in [4.78, 5) is 0. The first kappa shape index (κ1) is 19.6. The van der Waals surface area contributed by atoms with E-state index in [4.69, 9.17) is 26.8 Å². The third kappa shape index (κ3) is 4.95. The summed E-state index contributed by atoms with van der Waals surface area (Å²) in [5.74, 6) is 0. The van der Waals surface area contributed by atoms with Crippen molar-refractivity contribution in [1.82, 2.24) is 0 Å². The molecule has 0 aliphatic heterocycles. The Morgan fingerprint density at radius 1 is 0.423 bits per heavy atom. The van der Waals surface area contributed by atoms with Crippen molar-refractivity contribution < 1.29 is 0 Å². The third-order valence-electron chi connectivity index (χ3n) is 4.09. The average Bonchev–Trinajstić information content (AvgIpc) is 2.68. The largest absolute Gasteiger partial charge is 0.0622 e. The molecule has 4 aromatic rings. The van der Waals surface area contributed by atoms with E-state index >= 15 is 0 Å². The first-order chi connectivity index (χ1) is 12.7. The van der Waals surface area contributed by atoms with Crippen LogP contribution in [0.3, 0.4) is 0 Å². The summed E-state index contributed by atoms with van der Waals surface area (Å²) in [7, 11) is 15.0. The standard InChI is InChI=1S/C22H16.3ClH.Sn/c1-3-9-17(10-4-1)19-15-16-20(18-11-5-2-6-12-18)22-14-8-7-13-21(19)22;;;;/h1-16H;3*1H;/q;;;;+3/p-3. The van der Waals surface area contributed by atoms with Crippen LogP contribution in [0.5, 0.6) is 0 Å².